The van der Waals surface area contributed by atoms with Crippen LogP contribution in [0.3, 0.4) is 0 Å². The van der Waals surface area contributed by atoms with Gasteiger partial charge in [-0.3, -0.25) is 4.90 Å². The second-order valence-corrected chi connectivity index (χ2v) is 5.51. The van der Waals surface area contributed by atoms with Crippen molar-refractivity contribution in [2.24, 2.45) is 0 Å². The zero-order valence-corrected chi connectivity index (χ0v) is 12.8. The van der Waals surface area contributed by atoms with Gasteiger partial charge in [-0.05, 0) is 25.5 Å². The molecular formula is C16H26N2O2. The molecular weight excluding hydrogens is 252 g/mol. The van der Waals surface area contributed by atoms with E-state index in [1.807, 2.05) is 24.3 Å². The third-order valence-electron chi connectivity index (χ3n) is 4.28. The summed E-state index contributed by atoms with van der Waals surface area (Å²) in [4.78, 5) is 2.53. The molecule has 1 N–H and O–H groups in total. The quantitative estimate of drug-likeness (QED) is 0.864. The van der Waals surface area contributed by atoms with E-state index in [0.717, 1.165) is 44.1 Å². The third kappa shape index (κ3) is 3.44. The first-order chi connectivity index (χ1) is 9.69. The fourth-order valence-electron chi connectivity index (χ4n) is 2.69. The van der Waals surface area contributed by atoms with E-state index in [1.165, 1.54) is 0 Å². The Bertz CT molecular complexity index is 425. The van der Waals surface area contributed by atoms with Crippen LogP contribution in [0.15, 0.2) is 24.3 Å². The van der Waals surface area contributed by atoms with Crippen molar-refractivity contribution in [3.63, 3.8) is 0 Å². The van der Waals surface area contributed by atoms with Crippen LogP contribution in [0.25, 0.3) is 0 Å². The van der Waals surface area contributed by atoms with Crippen LogP contribution in [-0.4, -0.2) is 50.3 Å². The van der Waals surface area contributed by atoms with Gasteiger partial charge in [-0.2, -0.15) is 0 Å². The van der Waals surface area contributed by atoms with Crippen molar-refractivity contribution in [3.8, 4) is 11.5 Å². The van der Waals surface area contributed by atoms with Crippen molar-refractivity contribution >= 4 is 0 Å². The van der Waals surface area contributed by atoms with E-state index in [2.05, 4.69) is 24.1 Å². The fraction of sp³-hybridized carbons (Fsp3) is 0.625. The first-order valence-electron chi connectivity index (χ1n) is 7.41. The van der Waals surface area contributed by atoms with E-state index < -0.39 is 0 Å². The van der Waals surface area contributed by atoms with Gasteiger partial charge >= 0.3 is 0 Å². The smallest absolute Gasteiger partial charge is 0.161 e. The molecule has 0 aromatic heterocycles. The number of piperazine rings is 1. The van der Waals surface area contributed by atoms with Gasteiger partial charge in [0.15, 0.2) is 11.5 Å². The largest absolute Gasteiger partial charge is 0.493 e. The van der Waals surface area contributed by atoms with Crippen molar-refractivity contribution < 1.29 is 9.47 Å². The van der Waals surface area contributed by atoms with Gasteiger partial charge in [-0.1, -0.05) is 19.1 Å². The molecule has 0 bridgehead atoms. The molecule has 1 atom stereocenters. The third-order valence-corrected chi connectivity index (χ3v) is 4.28. The molecule has 1 fully saturated rings. The lowest BCUT2D eigenvalue weighted by molar-refractivity contribution is 0.0571. The van der Waals surface area contributed by atoms with Gasteiger partial charge in [0.25, 0.3) is 0 Å². The lowest BCUT2D eigenvalue weighted by atomic mass is 9.94. The molecule has 1 aliphatic heterocycles. The van der Waals surface area contributed by atoms with Crippen molar-refractivity contribution in [2.75, 3.05) is 39.9 Å². The van der Waals surface area contributed by atoms with Crippen LogP contribution in [0.5, 0.6) is 11.5 Å². The van der Waals surface area contributed by atoms with Crippen LogP contribution in [0.2, 0.25) is 0 Å². The minimum Gasteiger partial charge on any atom is -0.493 e. The number of hydrogen-bond donors (Lipinski definition) is 1. The molecule has 0 radical (unpaired) electrons. The Kier molecular flexibility index (Phi) is 5.26. The monoisotopic (exact) mass is 278 g/mol. The first-order valence-corrected chi connectivity index (χ1v) is 7.41. The van der Waals surface area contributed by atoms with Crippen LogP contribution in [0, 0.1) is 0 Å². The molecule has 1 heterocycles. The first kappa shape index (κ1) is 15.1. The Labute approximate surface area is 122 Å². The number of rotatable bonds is 6. The molecule has 1 unspecified atom stereocenters. The molecule has 1 aromatic carbocycles. The molecule has 1 aromatic rings. The summed E-state index contributed by atoms with van der Waals surface area (Å²) in [7, 11) is 1.67. The summed E-state index contributed by atoms with van der Waals surface area (Å²) in [6.07, 6.45) is 1.15. The lowest BCUT2D eigenvalue weighted by Crippen LogP contribution is -2.60. The Morgan fingerprint density at radius 1 is 1.30 bits per heavy atom. The van der Waals surface area contributed by atoms with Crippen molar-refractivity contribution in [2.45, 2.75) is 25.8 Å². The summed E-state index contributed by atoms with van der Waals surface area (Å²) in [6.45, 7) is 9.41. The van der Waals surface area contributed by atoms with E-state index in [-0.39, 0.29) is 5.54 Å². The number of para-hydroxylation sites is 2. The minimum absolute atomic E-state index is 0.238. The average molecular weight is 278 g/mol. The summed E-state index contributed by atoms with van der Waals surface area (Å²) >= 11 is 0. The zero-order valence-electron chi connectivity index (χ0n) is 12.8. The maximum Gasteiger partial charge on any atom is 0.161 e. The van der Waals surface area contributed by atoms with Crippen LogP contribution in [0.4, 0.5) is 0 Å². The second-order valence-electron chi connectivity index (χ2n) is 5.51. The zero-order chi connectivity index (χ0) is 14.4. The molecule has 0 aliphatic carbocycles. The van der Waals surface area contributed by atoms with E-state index in [9.17, 15) is 0 Å². The number of ether oxygens (including phenoxy) is 2. The second kappa shape index (κ2) is 6.95. The van der Waals surface area contributed by atoms with Gasteiger partial charge in [0.2, 0.25) is 0 Å². The predicted octanol–water partition coefficient (Wildman–Crippen LogP) is 2.15. The van der Waals surface area contributed by atoms with E-state index in [4.69, 9.17) is 9.47 Å². The molecule has 4 nitrogen and oxygen atoms in total. The lowest BCUT2D eigenvalue weighted by Gasteiger charge is -2.44. The highest BCUT2D eigenvalue weighted by molar-refractivity contribution is 5.39. The van der Waals surface area contributed by atoms with Gasteiger partial charge in [0.05, 0.1) is 7.11 Å². The average Bonchev–Trinajstić information content (AvgIpc) is 2.50. The number of benzene rings is 1. The molecule has 1 aliphatic rings. The Morgan fingerprint density at radius 3 is 2.75 bits per heavy atom. The molecule has 1 saturated heterocycles. The van der Waals surface area contributed by atoms with Gasteiger partial charge in [0, 0.05) is 31.7 Å². The van der Waals surface area contributed by atoms with Gasteiger partial charge in [-0.25, -0.2) is 0 Å². The standard InChI is InChI=1S/C16H26N2O2/c1-4-16(2)13-17-9-10-18(16)11-12-20-15-8-6-5-7-14(15)19-3/h5-8,17H,4,9-13H2,1-3H3. The Hall–Kier alpha value is -1.26. The maximum absolute atomic E-state index is 5.88. The van der Waals surface area contributed by atoms with Crippen molar-refractivity contribution in [3.05, 3.63) is 24.3 Å². The van der Waals surface area contributed by atoms with Gasteiger partial charge in [0.1, 0.15) is 6.61 Å². The van der Waals surface area contributed by atoms with E-state index >= 15 is 0 Å². The molecule has 2 rings (SSSR count). The Balaban J connectivity index is 1.88. The predicted molar refractivity (Wildman–Crippen MR) is 81.6 cm³/mol. The summed E-state index contributed by atoms with van der Waals surface area (Å²) in [5.41, 5.74) is 0.238. The van der Waals surface area contributed by atoms with Crippen LogP contribution in [0.1, 0.15) is 20.3 Å². The van der Waals surface area contributed by atoms with E-state index in [1.54, 1.807) is 7.11 Å². The van der Waals surface area contributed by atoms with E-state index in [0.29, 0.717) is 6.61 Å². The molecule has 0 saturated carbocycles. The summed E-state index contributed by atoms with van der Waals surface area (Å²) < 4.78 is 11.2. The molecule has 20 heavy (non-hydrogen) atoms. The number of nitrogens with one attached hydrogen (secondary N) is 1. The Morgan fingerprint density at radius 2 is 2.05 bits per heavy atom. The van der Waals surface area contributed by atoms with Crippen LogP contribution < -0.4 is 14.8 Å². The number of methoxy groups -OCH3 is 1. The fourth-order valence-corrected chi connectivity index (χ4v) is 2.69. The summed E-state index contributed by atoms with van der Waals surface area (Å²) in [5, 5.41) is 3.48. The molecule has 4 heteroatoms. The normalized spacial score (nSPS) is 23.6. The summed E-state index contributed by atoms with van der Waals surface area (Å²) in [6, 6.07) is 7.81. The highest BCUT2D eigenvalue weighted by Crippen LogP contribution is 2.26. The van der Waals surface area contributed by atoms with Crippen molar-refractivity contribution in [1.82, 2.24) is 10.2 Å². The number of nitrogens with zero attached hydrogens (tertiary/aromatic N) is 1. The van der Waals surface area contributed by atoms with Crippen LogP contribution in [-0.2, 0) is 0 Å². The molecule has 0 amide bonds. The highest BCUT2D eigenvalue weighted by Gasteiger charge is 2.32. The summed E-state index contributed by atoms with van der Waals surface area (Å²) in [5.74, 6) is 1.62. The molecule has 0 spiro atoms. The minimum atomic E-state index is 0.238. The topological polar surface area (TPSA) is 33.7 Å². The number of hydrogen-bond acceptors (Lipinski definition) is 4. The highest BCUT2D eigenvalue weighted by atomic mass is 16.5. The van der Waals surface area contributed by atoms with Crippen molar-refractivity contribution in [1.29, 1.82) is 0 Å². The maximum atomic E-state index is 5.88. The van der Waals surface area contributed by atoms with Gasteiger partial charge < -0.3 is 14.8 Å². The van der Waals surface area contributed by atoms with Gasteiger partial charge in [-0.15, -0.1) is 0 Å². The SMILES string of the molecule is CCC1(C)CNCCN1CCOc1ccccc1OC. The molecule has 112 valence electrons. The van der Waals surface area contributed by atoms with Crippen LogP contribution >= 0.6 is 0 Å².